The molecular weight excluding hydrogens is 214 g/mol. The summed E-state index contributed by atoms with van der Waals surface area (Å²) in [5.74, 6) is 0. The second-order valence-corrected chi connectivity index (χ2v) is 5.01. The highest BCUT2D eigenvalue weighted by Crippen LogP contribution is 2.30. The Morgan fingerprint density at radius 3 is 2.88 bits per heavy atom. The molecule has 0 spiro atoms. The van der Waals surface area contributed by atoms with Crippen molar-refractivity contribution in [3.63, 3.8) is 0 Å². The smallest absolute Gasteiger partial charge is 0.0949 e. The number of hydrogen-bond donors (Lipinski definition) is 1. The van der Waals surface area contributed by atoms with Crippen molar-refractivity contribution in [3.8, 4) is 0 Å². The third kappa shape index (κ3) is 2.87. The Labute approximate surface area is 103 Å². The van der Waals surface area contributed by atoms with Gasteiger partial charge in [0.05, 0.1) is 12.4 Å². The van der Waals surface area contributed by atoms with Gasteiger partial charge in [-0.1, -0.05) is 0 Å². The molecule has 2 rings (SSSR count). The minimum absolute atomic E-state index is 0.249. The lowest BCUT2D eigenvalue weighted by Crippen LogP contribution is -2.45. The predicted octanol–water partition coefficient (Wildman–Crippen LogP) is 1.99. The molecular formula is C13H23N3O. The van der Waals surface area contributed by atoms with Gasteiger partial charge in [0.15, 0.2) is 0 Å². The van der Waals surface area contributed by atoms with Gasteiger partial charge in [0.2, 0.25) is 0 Å². The van der Waals surface area contributed by atoms with E-state index in [0.29, 0.717) is 18.1 Å². The lowest BCUT2D eigenvalue weighted by Gasteiger charge is -2.28. The summed E-state index contributed by atoms with van der Waals surface area (Å²) in [4.78, 5) is 4.14. The fraction of sp³-hybridized carbons (Fsp3) is 0.769. The topological polar surface area (TPSA) is 39.1 Å². The van der Waals surface area contributed by atoms with E-state index in [-0.39, 0.29) is 6.10 Å². The molecule has 1 aromatic heterocycles. The van der Waals surface area contributed by atoms with E-state index in [0.717, 1.165) is 0 Å². The summed E-state index contributed by atoms with van der Waals surface area (Å²) in [6, 6.07) is 1.47. The Hall–Kier alpha value is -0.870. The van der Waals surface area contributed by atoms with Crippen LogP contribution in [0.1, 0.15) is 39.2 Å². The van der Waals surface area contributed by atoms with Gasteiger partial charge in [-0.2, -0.15) is 0 Å². The second kappa shape index (κ2) is 5.65. The van der Waals surface area contributed by atoms with Gasteiger partial charge in [0.25, 0.3) is 0 Å². The lowest BCUT2D eigenvalue weighted by atomic mass is 10.1. The first-order valence-corrected chi connectivity index (χ1v) is 6.48. The Morgan fingerprint density at radius 2 is 2.24 bits per heavy atom. The molecule has 1 aromatic rings. The summed E-state index contributed by atoms with van der Waals surface area (Å²) in [5.41, 5.74) is 0. The zero-order valence-electron chi connectivity index (χ0n) is 11.0. The number of nitrogens with zero attached hydrogens (tertiary/aromatic N) is 2. The van der Waals surface area contributed by atoms with Crippen LogP contribution in [-0.2, 0) is 4.74 Å². The molecule has 1 saturated carbocycles. The molecule has 96 valence electrons. The van der Waals surface area contributed by atoms with E-state index in [1.807, 2.05) is 12.5 Å². The maximum absolute atomic E-state index is 5.37. The van der Waals surface area contributed by atoms with Gasteiger partial charge >= 0.3 is 0 Å². The van der Waals surface area contributed by atoms with Gasteiger partial charge in [-0.3, -0.25) is 0 Å². The fourth-order valence-corrected chi connectivity index (χ4v) is 2.63. The highest BCUT2D eigenvalue weighted by molar-refractivity contribution is 4.93. The van der Waals surface area contributed by atoms with Crippen molar-refractivity contribution in [2.24, 2.45) is 0 Å². The van der Waals surface area contributed by atoms with Crippen LogP contribution in [0.15, 0.2) is 18.7 Å². The summed E-state index contributed by atoms with van der Waals surface area (Å²) < 4.78 is 7.60. The molecule has 4 atom stereocenters. The van der Waals surface area contributed by atoms with Crippen molar-refractivity contribution in [2.45, 2.75) is 57.3 Å². The Bertz CT molecular complexity index is 325. The van der Waals surface area contributed by atoms with Crippen molar-refractivity contribution >= 4 is 0 Å². The number of methoxy groups -OCH3 is 1. The highest BCUT2D eigenvalue weighted by atomic mass is 16.5. The minimum atomic E-state index is 0.249. The molecule has 17 heavy (non-hydrogen) atoms. The van der Waals surface area contributed by atoms with Gasteiger partial charge in [0.1, 0.15) is 0 Å². The van der Waals surface area contributed by atoms with Crippen molar-refractivity contribution in [1.82, 2.24) is 14.9 Å². The fourth-order valence-electron chi connectivity index (χ4n) is 2.63. The van der Waals surface area contributed by atoms with E-state index in [1.54, 1.807) is 7.11 Å². The van der Waals surface area contributed by atoms with Crippen LogP contribution in [0.25, 0.3) is 0 Å². The lowest BCUT2D eigenvalue weighted by molar-refractivity contribution is 0.0824. The molecule has 0 aromatic carbocycles. The van der Waals surface area contributed by atoms with Crippen LogP contribution in [0, 0.1) is 0 Å². The summed E-state index contributed by atoms with van der Waals surface area (Å²) in [7, 11) is 1.77. The van der Waals surface area contributed by atoms with E-state index in [1.165, 1.54) is 19.3 Å². The third-order valence-corrected chi connectivity index (χ3v) is 3.94. The molecule has 0 bridgehead atoms. The molecule has 1 heterocycles. The second-order valence-electron chi connectivity index (χ2n) is 5.01. The normalized spacial score (nSPS) is 28.2. The molecule has 1 fully saturated rings. The zero-order chi connectivity index (χ0) is 12.3. The molecule has 0 aliphatic heterocycles. The number of nitrogens with one attached hydrogen (secondary N) is 1. The molecule has 4 nitrogen and oxygen atoms in total. The van der Waals surface area contributed by atoms with Crippen LogP contribution in [0.5, 0.6) is 0 Å². The van der Waals surface area contributed by atoms with Gasteiger partial charge in [-0.15, -0.1) is 0 Å². The number of ether oxygens (including phenoxy) is 1. The van der Waals surface area contributed by atoms with Crippen LogP contribution in [0.3, 0.4) is 0 Å². The number of imidazole rings is 1. The van der Waals surface area contributed by atoms with E-state index in [2.05, 4.69) is 34.9 Å². The molecule has 4 unspecified atom stereocenters. The molecule has 0 amide bonds. The molecule has 1 N–H and O–H groups in total. The van der Waals surface area contributed by atoms with E-state index >= 15 is 0 Å². The maximum Gasteiger partial charge on any atom is 0.0949 e. The van der Waals surface area contributed by atoms with Crippen LogP contribution in [0.2, 0.25) is 0 Å². The Kier molecular flexibility index (Phi) is 4.18. The molecule has 4 heteroatoms. The average molecular weight is 237 g/mol. The van der Waals surface area contributed by atoms with Crippen molar-refractivity contribution in [1.29, 1.82) is 0 Å². The monoisotopic (exact) mass is 237 g/mol. The molecule has 1 aliphatic rings. The van der Waals surface area contributed by atoms with Crippen LogP contribution in [-0.4, -0.2) is 34.8 Å². The van der Waals surface area contributed by atoms with Crippen LogP contribution >= 0.6 is 0 Å². The summed E-state index contributed by atoms with van der Waals surface area (Å²) in [6.45, 7) is 4.30. The van der Waals surface area contributed by atoms with Gasteiger partial charge < -0.3 is 14.6 Å². The summed E-state index contributed by atoms with van der Waals surface area (Å²) in [6.07, 6.45) is 9.86. The van der Waals surface area contributed by atoms with Gasteiger partial charge in [0, 0.05) is 37.6 Å². The molecule has 0 saturated heterocycles. The first-order valence-electron chi connectivity index (χ1n) is 6.48. The quantitative estimate of drug-likeness (QED) is 0.851. The summed E-state index contributed by atoms with van der Waals surface area (Å²) in [5, 5.41) is 3.69. The summed E-state index contributed by atoms with van der Waals surface area (Å²) >= 11 is 0. The predicted molar refractivity (Wildman–Crippen MR) is 68.0 cm³/mol. The van der Waals surface area contributed by atoms with E-state index in [4.69, 9.17) is 4.74 Å². The number of rotatable bonds is 5. The minimum Gasteiger partial charge on any atom is -0.380 e. The Morgan fingerprint density at radius 1 is 1.41 bits per heavy atom. The van der Waals surface area contributed by atoms with E-state index in [9.17, 15) is 0 Å². The van der Waals surface area contributed by atoms with Crippen LogP contribution in [0.4, 0.5) is 0 Å². The van der Waals surface area contributed by atoms with E-state index < -0.39 is 0 Å². The number of aromatic nitrogens is 2. The number of hydrogen-bond acceptors (Lipinski definition) is 3. The van der Waals surface area contributed by atoms with Crippen LogP contribution < -0.4 is 5.32 Å². The zero-order valence-corrected chi connectivity index (χ0v) is 11.0. The first-order chi connectivity index (χ1) is 8.22. The average Bonchev–Trinajstić information content (AvgIpc) is 2.97. The Balaban J connectivity index is 1.96. The van der Waals surface area contributed by atoms with Crippen molar-refractivity contribution in [3.05, 3.63) is 18.7 Å². The largest absolute Gasteiger partial charge is 0.380 e. The SMILES string of the molecule is COC(C)C(C)NC1CCCC1n1ccnc1. The highest BCUT2D eigenvalue weighted by Gasteiger charge is 2.30. The van der Waals surface area contributed by atoms with Gasteiger partial charge in [-0.25, -0.2) is 4.98 Å². The third-order valence-electron chi connectivity index (χ3n) is 3.94. The van der Waals surface area contributed by atoms with Crippen molar-refractivity contribution < 1.29 is 4.74 Å². The first kappa shape index (κ1) is 12.6. The standard InChI is InChI=1S/C13H23N3O/c1-10(11(2)17-3)15-12-5-4-6-13(12)16-8-7-14-9-16/h7-13,15H,4-6H2,1-3H3. The van der Waals surface area contributed by atoms with Gasteiger partial charge in [-0.05, 0) is 33.1 Å². The maximum atomic E-state index is 5.37. The molecule has 1 aliphatic carbocycles. The van der Waals surface area contributed by atoms with Crippen molar-refractivity contribution in [2.75, 3.05) is 7.11 Å². The molecule has 0 radical (unpaired) electrons.